The van der Waals surface area contributed by atoms with Gasteiger partial charge in [-0.25, -0.2) is 0 Å². The van der Waals surface area contributed by atoms with Gasteiger partial charge in [-0.15, -0.1) is 0 Å². The first-order chi connectivity index (χ1) is 15.9. The molecule has 0 aromatic heterocycles. The molecule has 1 fully saturated rings. The van der Waals surface area contributed by atoms with Gasteiger partial charge in [-0.3, -0.25) is 15.1 Å². The Morgan fingerprint density at radius 3 is 1.85 bits per heavy atom. The zero-order valence-electron chi connectivity index (χ0n) is 19.7. The number of ketones is 1. The molecule has 1 N–H and O–H groups in total. The van der Waals surface area contributed by atoms with E-state index in [2.05, 4.69) is 86.9 Å². The Balaban J connectivity index is 1.63. The van der Waals surface area contributed by atoms with E-state index in [-0.39, 0.29) is 16.9 Å². The van der Waals surface area contributed by atoms with Crippen molar-refractivity contribution < 1.29 is 14.1 Å². The van der Waals surface area contributed by atoms with E-state index in [1.807, 2.05) is 30.3 Å². The highest BCUT2D eigenvalue weighted by Gasteiger charge is 2.52. The number of anilines is 1. The molecule has 1 unspecified atom stereocenters. The fraction of sp³-hybridized carbons (Fsp3) is 0.321. The number of nitrogens with one attached hydrogen (secondary N) is 1. The number of carbonyl (C=O) groups is 1. The van der Waals surface area contributed by atoms with Gasteiger partial charge < -0.3 is 4.43 Å². The molecule has 0 aliphatic heterocycles. The maximum atomic E-state index is 12.7. The van der Waals surface area contributed by atoms with Crippen molar-refractivity contribution in [1.82, 2.24) is 0 Å². The lowest BCUT2D eigenvalue weighted by molar-refractivity contribution is -0.134. The van der Waals surface area contributed by atoms with Gasteiger partial charge in [-0.05, 0) is 34.0 Å². The van der Waals surface area contributed by atoms with E-state index < -0.39 is 14.4 Å². The average Bonchev–Trinajstić information content (AvgIpc) is 2.83. The molecular weight excluding hydrogens is 426 g/mol. The van der Waals surface area contributed by atoms with E-state index in [1.54, 1.807) is 0 Å². The first-order valence-electron chi connectivity index (χ1n) is 11.7. The number of rotatable bonds is 7. The number of para-hydroxylation sites is 1. The fourth-order valence-corrected chi connectivity index (χ4v) is 9.49. The molecule has 0 bridgehead atoms. The zero-order chi connectivity index (χ0) is 23.3. The molecule has 0 radical (unpaired) electrons. The quantitative estimate of drug-likeness (QED) is 0.395. The normalized spacial score (nSPS) is 19.3. The molecule has 2 atom stereocenters. The summed E-state index contributed by atoms with van der Waals surface area (Å²) in [5.74, 6) is 0.126. The van der Waals surface area contributed by atoms with Crippen LogP contribution in [0.4, 0.5) is 5.69 Å². The molecule has 33 heavy (non-hydrogen) atoms. The van der Waals surface area contributed by atoms with Crippen molar-refractivity contribution in [1.29, 1.82) is 0 Å². The molecule has 3 aromatic carbocycles. The zero-order valence-corrected chi connectivity index (χ0v) is 20.7. The minimum atomic E-state index is -2.66. The number of benzene rings is 3. The third-order valence-electron chi connectivity index (χ3n) is 6.40. The van der Waals surface area contributed by atoms with E-state index in [4.69, 9.17) is 9.26 Å². The van der Waals surface area contributed by atoms with Crippen LogP contribution in [0, 0.1) is 0 Å². The highest BCUT2D eigenvalue weighted by molar-refractivity contribution is 6.99. The standard InChI is InChI=1S/C28H33NO3Si/c1-28(2,3)33(24-15-9-5-10-16-24,25-17-11-6-12-18-25)32-23-19-20-26(30)27(21-23)31-29-22-13-7-4-8-14-22/h4-18,23,27,29H,19-21H2,1-3H3/t23?,27-/m1/s1. The predicted octanol–water partition coefficient (Wildman–Crippen LogP) is 5.10. The van der Waals surface area contributed by atoms with Gasteiger partial charge >= 0.3 is 0 Å². The van der Waals surface area contributed by atoms with Crippen molar-refractivity contribution in [2.24, 2.45) is 0 Å². The number of hydrogen-bond donors (Lipinski definition) is 1. The molecule has 0 amide bonds. The van der Waals surface area contributed by atoms with Crippen LogP contribution in [0.1, 0.15) is 40.0 Å². The highest BCUT2D eigenvalue weighted by atomic mass is 28.4. The van der Waals surface area contributed by atoms with Crippen LogP contribution in [0.5, 0.6) is 0 Å². The van der Waals surface area contributed by atoms with Crippen molar-refractivity contribution >= 4 is 30.2 Å². The van der Waals surface area contributed by atoms with Crippen LogP contribution < -0.4 is 15.9 Å². The Kier molecular flexibility index (Phi) is 7.13. The van der Waals surface area contributed by atoms with Crippen LogP contribution in [-0.2, 0) is 14.1 Å². The molecular formula is C28H33NO3Si. The summed E-state index contributed by atoms with van der Waals surface area (Å²) < 4.78 is 7.23. The Bertz CT molecular complexity index is 996. The summed E-state index contributed by atoms with van der Waals surface area (Å²) in [6, 6.07) is 30.9. The second-order valence-corrected chi connectivity index (χ2v) is 14.0. The highest BCUT2D eigenvalue weighted by Crippen LogP contribution is 2.39. The first-order valence-corrected chi connectivity index (χ1v) is 13.6. The maximum Gasteiger partial charge on any atom is 0.261 e. The van der Waals surface area contributed by atoms with Crippen LogP contribution in [0.25, 0.3) is 0 Å². The summed E-state index contributed by atoms with van der Waals surface area (Å²) >= 11 is 0. The van der Waals surface area contributed by atoms with Gasteiger partial charge in [0, 0.05) is 18.9 Å². The Morgan fingerprint density at radius 1 is 0.818 bits per heavy atom. The predicted molar refractivity (Wildman–Crippen MR) is 136 cm³/mol. The van der Waals surface area contributed by atoms with Crippen molar-refractivity contribution in [3.63, 3.8) is 0 Å². The smallest absolute Gasteiger partial charge is 0.261 e. The van der Waals surface area contributed by atoms with Crippen LogP contribution in [0.15, 0.2) is 91.0 Å². The van der Waals surface area contributed by atoms with E-state index in [1.165, 1.54) is 10.4 Å². The summed E-state index contributed by atoms with van der Waals surface area (Å²) in [5, 5.41) is 2.40. The Hall–Kier alpha value is -2.73. The molecule has 172 valence electrons. The first kappa shape index (κ1) is 23.4. The molecule has 0 heterocycles. The Labute approximate surface area is 198 Å². The third kappa shape index (κ3) is 5.11. The molecule has 1 saturated carbocycles. The monoisotopic (exact) mass is 459 g/mol. The minimum absolute atomic E-state index is 0.0587. The fourth-order valence-electron chi connectivity index (χ4n) is 4.76. The number of hydrogen-bond acceptors (Lipinski definition) is 4. The summed E-state index contributed by atoms with van der Waals surface area (Å²) in [6.07, 6.45) is 1.14. The summed E-state index contributed by atoms with van der Waals surface area (Å²) in [5.41, 5.74) is 3.79. The van der Waals surface area contributed by atoms with Gasteiger partial charge in [0.25, 0.3) is 8.32 Å². The van der Waals surface area contributed by atoms with Crippen molar-refractivity contribution in [3.05, 3.63) is 91.0 Å². The number of carbonyl (C=O) groups excluding carboxylic acids is 1. The topological polar surface area (TPSA) is 47.6 Å². The maximum absolute atomic E-state index is 12.7. The molecule has 3 aromatic rings. The number of Topliss-reactive ketones (excluding diaryl/α,β-unsaturated/α-hetero) is 1. The van der Waals surface area contributed by atoms with E-state index in [0.717, 1.165) is 5.69 Å². The minimum Gasteiger partial charge on any atom is -0.404 e. The van der Waals surface area contributed by atoms with Crippen LogP contribution in [0.3, 0.4) is 0 Å². The largest absolute Gasteiger partial charge is 0.404 e. The van der Waals surface area contributed by atoms with Gasteiger partial charge in [0.15, 0.2) is 5.78 Å². The molecule has 0 spiro atoms. The molecule has 5 heteroatoms. The SMILES string of the molecule is CC(C)(C)[Si](OC1CCC(=O)[C@H](ONc2ccccc2)C1)(c1ccccc1)c1ccccc1. The lowest BCUT2D eigenvalue weighted by atomic mass is 9.94. The summed E-state index contributed by atoms with van der Waals surface area (Å²) in [4.78, 5) is 18.5. The van der Waals surface area contributed by atoms with Gasteiger partial charge in [-0.1, -0.05) is 99.6 Å². The van der Waals surface area contributed by atoms with Gasteiger partial charge in [0.1, 0.15) is 6.10 Å². The summed E-state index contributed by atoms with van der Waals surface area (Å²) in [6.45, 7) is 6.83. The van der Waals surface area contributed by atoms with E-state index in [0.29, 0.717) is 19.3 Å². The molecule has 4 nitrogen and oxygen atoms in total. The van der Waals surface area contributed by atoms with E-state index >= 15 is 0 Å². The summed E-state index contributed by atoms with van der Waals surface area (Å²) in [7, 11) is -2.66. The Morgan fingerprint density at radius 2 is 1.33 bits per heavy atom. The van der Waals surface area contributed by atoms with Crippen molar-refractivity contribution in [2.45, 2.75) is 57.3 Å². The molecule has 1 aliphatic carbocycles. The van der Waals surface area contributed by atoms with Gasteiger partial charge in [-0.2, -0.15) is 0 Å². The van der Waals surface area contributed by atoms with E-state index in [9.17, 15) is 4.79 Å². The van der Waals surface area contributed by atoms with Crippen LogP contribution in [-0.4, -0.2) is 26.3 Å². The molecule has 0 saturated heterocycles. The van der Waals surface area contributed by atoms with Crippen LogP contribution >= 0.6 is 0 Å². The lowest BCUT2D eigenvalue weighted by Crippen LogP contribution is -2.68. The average molecular weight is 460 g/mol. The molecule has 1 aliphatic rings. The van der Waals surface area contributed by atoms with Gasteiger partial charge in [0.05, 0.1) is 5.69 Å². The third-order valence-corrected chi connectivity index (χ3v) is 11.5. The lowest BCUT2D eigenvalue weighted by Gasteiger charge is -2.46. The van der Waals surface area contributed by atoms with Gasteiger partial charge in [0.2, 0.25) is 0 Å². The molecule has 4 rings (SSSR count). The second kappa shape index (κ2) is 10.0. The second-order valence-electron chi connectivity index (χ2n) is 9.72. The van der Waals surface area contributed by atoms with Crippen LogP contribution in [0.2, 0.25) is 5.04 Å². The van der Waals surface area contributed by atoms with Crippen molar-refractivity contribution in [3.8, 4) is 0 Å². The van der Waals surface area contributed by atoms with Crippen molar-refractivity contribution in [2.75, 3.05) is 5.48 Å².